The van der Waals surface area contributed by atoms with Crippen LogP contribution in [-0.4, -0.2) is 34.9 Å². The van der Waals surface area contributed by atoms with Crippen molar-refractivity contribution in [1.29, 1.82) is 0 Å². The zero-order valence-electron chi connectivity index (χ0n) is 12.1. The number of aliphatic carboxylic acids is 1. The molecule has 1 fully saturated rings. The molecule has 2 N–H and O–H groups in total. The molecule has 0 spiro atoms. The molecule has 6 heteroatoms. The molecule has 1 heterocycles. The predicted molar refractivity (Wildman–Crippen MR) is 89.1 cm³/mol. The molecule has 4 nitrogen and oxygen atoms in total. The van der Waals surface area contributed by atoms with Crippen LogP contribution in [0.15, 0.2) is 22.7 Å². The Balaban J connectivity index is 1.85. The molecule has 2 unspecified atom stereocenters. The van der Waals surface area contributed by atoms with Crippen LogP contribution in [0.25, 0.3) is 0 Å². The van der Waals surface area contributed by atoms with E-state index in [1.54, 1.807) is 11.8 Å². The van der Waals surface area contributed by atoms with Crippen LogP contribution in [0.2, 0.25) is 0 Å². The van der Waals surface area contributed by atoms with E-state index in [4.69, 9.17) is 9.84 Å². The lowest BCUT2D eigenvalue weighted by atomic mass is 10.0. The van der Waals surface area contributed by atoms with Crippen molar-refractivity contribution in [1.82, 2.24) is 5.32 Å². The number of ether oxygens (including phenoxy) is 1. The SMILES string of the molecule is CC(C)c1cc(Br)ccc1OCCC1NC(C(=O)O)CS1. The molecule has 0 amide bonds. The minimum absolute atomic E-state index is 0.157. The average molecular weight is 374 g/mol. The van der Waals surface area contributed by atoms with E-state index >= 15 is 0 Å². The van der Waals surface area contributed by atoms with Gasteiger partial charge in [-0.3, -0.25) is 10.1 Å². The molecule has 2 atom stereocenters. The summed E-state index contributed by atoms with van der Waals surface area (Å²) in [5.74, 6) is 1.15. The maximum absolute atomic E-state index is 10.9. The lowest BCUT2D eigenvalue weighted by Crippen LogP contribution is -2.37. The molecule has 0 aromatic heterocycles. The summed E-state index contributed by atoms with van der Waals surface area (Å²) < 4.78 is 6.94. The largest absolute Gasteiger partial charge is 0.493 e. The van der Waals surface area contributed by atoms with Crippen LogP contribution in [0, 0.1) is 0 Å². The fraction of sp³-hybridized carbons (Fsp3) is 0.533. The second-order valence-corrected chi connectivity index (χ2v) is 7.50. The number of carbonyl (C=O) groups is 1. The van der Waals surface area contributed by atoms with E-state index in [2.05, 4.69) is 41.2 Å². The third-order valence-corrected chi connectivity index (χ3v) is 5.17. The third kappa shape index (κ3) is 4.63. The van der Waals surface area contributed by atoms with Crippen LogP contribution in [0.1, 0.15) is 31.7 Å². The van der Waals surface area contributed by atoms with Gasteiger partial charge in [-0.2, -0.15) is 0 Å². The summed E-state index contributed by atoms with van der Waals surface area (Å²) in [6.45, 7) is 4.86. The van der Waals surface area contributed by atoms with Gasteiger partial charge in [0.15, 0.2) is 0 Å². The molecule has 0 bridgehead atoms. The van der Waals surface area contributed by atoms with Gasteiger partial charge in [0.2, 0.25) is 0 Å². The minimum Gasteiger partial charge on any atom is -0.493 e. The van der Waals surface area contributed by atoms with Crippen LogP contribution in [-0.2, 0) is 4.79 Å². The van der Waals surface area contributed by atoms with Crippen molar-refractivity contribution in [3.05, 3.63) is 28.2 Å². The van der Waals surface area contributed by atoms with E-state index in [1.165, 1.54) is 5.56 Å². The lowest BCUT2D eigenvalue weighted by molar-refractivity contribution is -0.138. The fourth-order valence-corrected chi connectivity index (χ4v) is 3.79. The molecule has 1 aromatic carbocycles. The maximum atomic E-state index is 10.9. The Bertz CT molecular complexity index is 510. The summed E-state index contributed by atoms with van der Waals surface area (Å²) in [4.78, 5) is 10.9. The molecular weight excluding hydrogens is 354 g/mol. The topological polar surface area (TPSA) is 58.6 Å². The molecule has 1 aromatic rings. The Hall–Kier alpha value is -0.720. The highest BCUT2D eigenvalue weighted by Gasteiger charge is 2.29. The van der Waals surface area contributed by atoms with Crippen LogP contribution in [0.5, 0.6) is 5.75 Å². The van der Waals surface area contributed by atoms with Crippen LogP contribution in [0.3, 0.4) is 0 Å². The number of halogens is 1. The molecule has 21 heavy (non-hydrogen) atoms. The van der Waals surface area contributed by atoms with Gasteiger partial charge in [-0.1, -0.05) is 29.8 Å². The second kappa shape index (κ2) is 7.51. The van der Waals surface area contributed by atoms with E-state index in [-0.39, 0.29) is 5.37 Å². The van der Waals surface area contributed by atoms with Crippen molar-refractivity contribution in [2.75, 3.05) is 12.4 Å². The number of thioether (sulfide) groups is 1. The number of carboxylic acids is 1. The number of hydrogen-bond donors (Lipinski definition) is 2. The van der Waals surface area contributed by atoms with Crippen molar-refractivity contribution < 1.29 is 14.6 Å². The summed E-state index contributed by atoms with van der Waals surface area (Å²) in [6, 6.07) is 5.61. The van der Waals surface area contributed by atoms with E-state index in [9.17, 15) is 4.79 Å². The molecule has 1 saturated heterocycles. The number of rotatable bonds is 6. The van der Waals surface area contributed by atoms with Gasteiger partial charge in [-0.15, -0.1) is 11.8 Å². The van der Waals surface area contributed by atoms with Crippen LogP contribution >= 0.6 is 27.7 Å². The van der Waals surface area contributed by atoms with Gasteiger partial charge in [-0.05, 0) is 29.7 Å². The highest BCUT2D eigenvalue weighted by atomic mass is 79.9. The average Bonchev–Trinajstić information content (AvgIpc) is 2.89. The van der Waals surface area contributed by atoms with Crippen molar-refractivity contribution >= 4 is 33.7 Å². The minimum atomic E-state index is -0.777. The van der Waals surface area contributed by atoms with Crippen molar-refractivity contribution in [2.24, 2.45) is 0 Å². The van der Waals surface area contributed by atoms with Gasteiger partial charge in [0.1, 0.15) is 11.8 Å². The lowest BCUT2D eigenvalue weighted by Gasteiger charge is -2.16. The first-order chi connectivity index (χ1) is 9.97. The monoisotopic (exact) mass is 373 g/mol. The molecule has 0 aliphatic carbocycles. The molecule has 1 aliphatic rings. The first-order valence-electron chi connectivity index (χ1n) is 7.00. The molecule has 0 saturated carbocycles. The highest BCUT2D eigenvalue weighted by Crippen LogP contribution is 2.30. The first-order valence-corrected chi connectivity index (χ1v) is 8.84. The standard InChI is InChI=1S/C15H20BrNO3S/c1-9(2)11-7-10(16)3-4-13(11)20-6-5-14-17-12(8-21-14)15(18)19/h3-4,7,9,12,14,17H,5-6,8H2,1-2H3,(H,18,19). The first kappa shape index (κ1) is 16.6. The molecular formula is C15H20BrNO3S. The molecule has 116 valence electrons. The quantitative estimate of drug-likeness (QED) is 0.799. The summed E-state index contributed by atoms with van der Waals surface area (Å²) in [5, 5.41) is 12.2. The van der Waals surface area contributed by atoms with E-state index < -0.39 is 12.0 Å². The summed E-state index contributed by atoms with van der Waals surface area (Å²) in [6.07, 6.45) is 0.794. The van der Waals surface area contributed by atoms with Crippen molar-refractivity contribution in [2.45, 2.75) is 37.6 Å². The summed E-state index contributed by atoms with van der Waals surface area (Å²) in [7, 11) is 0. The predicted octanol–water partition coefficient (Wildman–Crippen LogP) is 3.46. The van der Waals surface area contributed by atoms with Crippen molar-refractivity contribution in [3.63, 3.8) is 0 Å². The summed E-state index contributed by atoms with van der Waals surface area (Å²) in [5.41, 5.74) is 1.18. The van der Waals surface area contributed by atoms with Gasteiger partial charge in [0.25, 0.3) is 0 Å². The number of carboxylic acid groups (broad SMARTS) is 1. The Kier molecular flexibility index (Phi) is 5.96. The van der Waals surface area contributed by atoms with Gasteiger partial charge in [0.05, 0.1) is 12.0 Å². The highest BCUT2D eigenvalue weighted by molar-refractivity contribution is 9.10. The fourth-order valence-electron chi connectivity index (χ4n) is 2.22. The molecule has 0 radical (unpaired) electrons. The van der Waals surface area contributed by atoms with Gasteiger partial charge in [0, 0.05) is 16.6 Å². The number of hydrogen-bond acceptors (Lipinski definition) is 4. The zero-order chi connectivity index (χ0) is 15.4. The summed E-state index contributed by atoms with van der Waals surface area (Å²) >= 11 is 5.13. The van der Waals surface area contributed by atoms with E-state index in [0.717, 1.165) is 16.6 Å². The number of benzene rings is 1. The zero-order valence-corrected chi connectivity index (χ0v) is 14.5. The Morgan fingerprint density at radius 1 is 1.57 bits per heavy atom. The number of nitrogens with one attached hydrogen (secondary N) is 1. The third-order valence-electron chi connectivity index (χ3n) is 3.38. The maximum Gasteiger partial charge on any atom is 0.321 e. The Labute approximate surface area is 137 Å². The van der Waals surface area contributed by atoms with Crippen LogP contribution < -0.4 is 10.1 Å². The molecule has 2 rings (SSSR count). The van der Waals surface area contributed by atoms with Gasteiger partial charge in [-0.25, -0.2) is 0 Å². The smallest absolute Gasteiger partial charge is 0.321 e. The van der Waals surface area contributed by atoms with Gasteiger partial charge < -0.3 is 9.84 Å². The van der Waals surface area contributed by atoms with E-state index in [0.29, 0.717) is 18.3 Å². The van der Waals surface area contributed by atoms with Gasteiger partial charge >= 0.3 is 5.97 Å². The molecule has 1 aliphatic heterocycles. The van der Waals surface area contributed by atoms with Crippen LogP contribution in [0.4, 0.5) is 0 Å². The van der Waals surface area contributed by atoms with E-state index in [1.807, 2.05) is 12.1 Å². The van der Waals surface area contributed by atoms with Crippen molar-refractivity contribution in [3.8, 4) is 5.75 Å². The Morgan fingerprint density at radius 2 is 2.33 bits per heavy atom. The Morgan fingerprint density at radius 3 is 2.95 bits per heavy atom. The second-order valence-electron chi connectivity index (χ2n) is 5.35. The normalized spacial score (nSPS) is 21.7.